The van der Waals surface area contributed by atoms with Crippen LogP contribution in [0.5, 0.6) is 5.75 Å². The van der Waals surface area contributed by atoms with Crippen LogP contribution in [0.4, 0.5) is 0 Å². The van der Waals surface area contributed by atoms with E-state index < -0.39 is 0 Å². The molecule has 25 heavy (non-hydrogen) atoms. The average Bonchev–Trinajstić information content (AvgIpc) is 2.60. The topological polar surface area (TPSA) is 101 Å². The van der Waals surface area contributed by atoms with E-state index in [4.69, 9.17) is 21.6 Å². The number of aliphatic imine (C=N–C) groups is 1. The van der Waals surface area contributed by atoms with Crippen molar-refractivity contribution >= 4 is 11.9 Å². The molecule has 2 aliphatic carbocycles. The summed E-state index contributed by atoms with van der Waals surface area (Å²) in [5, 5.41) is 8.35. The van der Waals surface area contributed by atoms with Gasteiger partial charge in [0.05, 0.1) is 7.11 Å². The molecule has 4 rings (SSSR count). The van der Waals surface area contributed by atoms with Gasteiger partial charge in [0.1, 0.15) is 5.75 Å². The summed E-state index contributed by atoms with van der Waals surface area (Å²) >= 11 is 0. The fourth-order valence-corrected chi connectivity index (χ4v) is 5.56. The molecule has 6 nitrogen and oxygen atoms in total. The van der Waals surface area contributed by atoms with Crippen LogP contribution in [0, 0.1) is 11.3 Å². The summed E-state index contributed by atoms with van der Waals surface area (Å²) in [7, 11) is 1.74. The number of likely N-dealkylation sites (tertiary alicyclic amines) is 1. The highest BCUT2D eigenvalue weighted by Gasteiger charge is 2.54. The maximum atomic E-state index is 8.35. The smallest absolute Gasteiger partial charge is 0.221 e. The van der Waals surface area contributed by atoms with Crippen molar-refractivity contribution in [2.75, 3.05) is 13.7 Å². The minimum atomic E-state index is -0.0357. The number of piperidine rings is 1. The summed E-state index contributed by atoms with van der Waals surface area (Å²) in [5.41, 5.74) is 14.1. The summed E-state index contributed by atoms with van der Waals surface area (Å²) in [6, 6.07) is 6.84. The van der Waals surface area contributed by atoms with Gasteiger partial charge in [-0.1, -0.05) is 18.9 Å². The van der Waals surface area contributed by atoms with Crippen LogP contribution < -0.4 is 16.2 Å². The second kappa shape index (κ2) is 5.93. The van der Waals surface area contributed by atoms with Crippen LogP contribution in [-0.4, -0.2) is 36.5 Å². The number of fused-ring (bicyclic) bond motifs is 1. The van der Waals surface area contributed by atoms with Crippen LogP contribution in [0.3, 0.4) is 0 Å². The van der Waals surface area contributed by atoms with Crippen LogP contribution >= 0.6 is 0 Å². The summed E-state index contributed by atoms with van der Waals surface area (Å²) in [6.07, 6.45) is 7.01. The zero-order valence-corrected chi connectivity index (χ0v) is 14.8. The van der Waals surface area contributed by atoms with Crippen molar-refractivity contribution in [1.29, 1.82) is 5.41 Å². The van der Waals surface area contributed by atoms with Crippen LogP contribution in [-0.2, 0) is 11.8 Å². The van der Waals surface area contributed by atoms with Crippen molar-refractivity contribution in [2.24, 2.45) is 22.4 Å². The lowest BCUT2D eigenvalue weighted by molar-refractivity contribution is 0.0237. The highest BCUT2D eigenvalue weighted by molar-refractivity contribution is 5.92. The first-order valence-corrected chi connectivity index (χ1v) is 9.17. The molecule has 3 atom stereocenters. The Balaban J connectivity index is 1.78. The Kier molecular flexibility index (Phi) is 3.85. The number of rotatable bonds is 1. The molecule has 2 fully saturated rings. The molecule has 1 aromatic rings. The number of methoxy groups -OCH3 is 1. The molecule has 3 aliphatic rings. The standard InChI is InChI=1S/C19H27N5O/c1-25-13-6-5-12-10-16-14-4-2-3-7-19(14,15(12)11-13)8-9-24(16)18(22)23-17(20)21/h5-6,11,14,16H,2-4,7-10H2,1H3,(H5,20,21,22,23). The lowest BCUT2D eigenvalue weighted by Crippen LogP contribution is -2.62. The average molecular weight is 341 g/mol. The van der Waals surface area contributed by atoms with E-state index in [1.165, 1.54) is 36.8 Å². The van der Waals surface area contributed by atoms with E-state index >= 15 is 0 Å². The predicted molar refractivity (Wildman–Crippen MR) is 99.0 cm³/mol. The number of nitrogens with one attached hydrogen (secondary N) is 1. The van der Waals surface area contributed by atoms with Crippen LogP contribution in [0.1, 0.15) is 43.2 Å². The molecular formula is C19H27N5O. The number of ether oxygens (including phenoxy) is 1. The first-order valence-electron chi connectivity index (χ1n) is 9.17. The highest BCUT2D eigenvalue weighted by atomic mass is 16.5. The SMILES string of the molecule is COc1ccc2c(c1)C13CCCCC1C(C2)N(C(=N)N=C(N)N)CC3. The highest BCUT2D eigenvalue weighted by Crippen LogP contribution is 2.56. The normalized spacial score (nSPS) is 30.0. The molecule has 1 aliphatic heterocycles. The fraction of sp³-hybridized carbons (Fsp3) is 0.579. The molecule has 6 heteroatoms. The summed E-state index contributed by atoms with van der Waals surface area (Å²) in [5.74, 6) is 1.68. The van der Waals surface area contributed by atoms with Crippen LogP contribution in [0.15, 0.2) is 23.2 Å². The van der Waals surface area contributed by atoms with Crippen LogP contribution in [0.25, 0.3) is 0 Å². The first-order chi connectivity index (χ1) is 12.0. The van der Waals surface area contributed by atoms with E-state index in [1.54, 1.807) is 7.11 Å². The van der Waals surface area contributed by atoms with Gasteiger partial charge in [0.15, 0.2) is 5.96 Å². The lowest BCUT2D eigenvalue weighted by Gasteiger charge is -2.59. The minimum absolute atomic E-state index is 0.0357. The van der Waals surface area contributed by atoms with Gasteiger partial charge in [-0.25, -0.2) is 0 Å². The molecule has 0 radical (unpaired) electrons. The van der Waals surface area contributed by atoms with E-state index in [-0.39, 0.29) is 17.3 Å². The Hall–Kier alpha value is -2.24. The summed E-state index contributed by atoms with van der Waals surface area (Å²) in [4.78, 5) is 6.15. The van der Waals surface area contributed by atoms with E-state index in [1.807, 2.05) is 0 Å². The molecule has 1 saturated heterocycles. The van der Waals surface area contributed by atoms with Gasteiger partial charge in [-0.15, -0.1) is 0 Å². The second-order valence-electron chi connectivity index (χ2n) is 7.61. The van der Waals surface area contributed by atoms with Crippen molar-refractivity contribution in [2.45, 2.75) is 50.0 Å². The number of nitrogens with two attached hydrogens (primary N) is 2. The number of guanidine groups is 2. The molecule has 1 saturated carbocycles. The zero-order chi connectivity index (χ0) is 17.6. The monoisotopic (exact) mass is 341 g/mol. The van der Waals surface area contributed by atoms with Gasteiger partial charge in [-0.2, -0.15) is 4.99 Å². The Labute approximate surface area is 148 Å². The molecule has 0 aromatic heterocycles. The molecule has 1 aromatic carbocycles. The van der Waals surface area contributed by atoms with Crippen molar-refractivity contribution in [3.63, 3.8) is 0 Å². The van der Waals surface area contributed by atoms with E-state index in [2.05, 4.69) is 28.1 Å². The van der Waals surface area contributed by atoms with Gasteiger partial charge in [0.25, 0.3) is 0 Å². The third kappa shape index (κ3) is 2.46. The summed E-state index contributed by atoms with van der Waals surface area (Å²) < 4.78 is 5.51. The fourth-order valence-electron chi connectivity index (χ4n) is 5.56. The first kappa shape index (κ1) is 16.2. The molecular weight excluding hydrogens is 314 g/mol. The van der Waals surface area contributed by atoms with E-state index in [9.17, 15) is 0 Å². The second-order valence-corrected chi connectivity index (χ2v) is 7.61. The number of nitrogens with zero attached hydrogens (tertiary/aromatic N) is 2. The molecule has 2 bridgehead atoms. The molecule has 1 heterocycles. The third-order valence-corrected chi connectivity index (χ3v) is 6.55. The zero-order valence-electron chi connectivity index (χ0n) is 14.8. The van der Waals surface area contributed by atoms with Crippen molar-refractivity contribution in [3.05, 3.63) is 29.3 Å². The molecule has 0 spiro atoms. The van der Waals surface area contributed by atoms with Crippen molar-refractivity contribution < 1.29 is 4.74 Å². The molecule has 3 unspecified atom stereocenters. The molecule has 5 N–H and O–H groups in total. The van der Waals surface area contributed by atoms with E-state index in [0.717, 1.165) is 25.1 Å². The third-order valence-electron chi connectivity index (χ3n) is 6.55. The van der Waals surface area contributed by atoms with Gasteiger partial charge in [-0.3, -0.25) is 5.41 Å². The predicted octanol–water partition coefficient (Wildman–Crippen LogP) is 1.96. The molecule has 134 valence electrons. The van der Waals surface area contributed by atoms with Gasteiger partial charge in [-0.05, 0) is 54.9 Å². The number of benzene rings is 1. The largest absolute Gasteiger partial charge is 0.497 e. The lowest BCUT2D eigenvalue weighted by atomic mass is 9.52. The maximum Gasteiger partial charge on any atom is 0.221 e. The van der Waals surface area contributed by atoms with Crippen molar-refractivity contribution in [3.8, 4) is 5.75 Å². The quantitative estimate of drug-likeness (QED) is 0.537. The Bertz CT molecular complexity index is 727. The van der Waals surface area contributed by atoms with Crippen molar-refractivity contribution in [1.82, 2.24) is 4.90 Å². The van der Waals surface area contributed by atoms with Gasteiger partial charge < -0.3 is 21.1 Å². The van der Waals surface area contributed by atoms with Gasteiger partial charge in [0, 0.05) is 18.0 Å². The van der Waals surface area contributed by atoms with Crippen LogP contribution in [0.2, 0.25) is 0 Å². The summed E-state index contributed by atoms with van der Waals surface area (Å²) in [6.45, 7) is 0.841. The molecule has 0 amide bonds. The van der Waals surface area contributed by atoms with E-state index in [0.29, 0.717) is 12.0 Å². The van der Waals surface area contributed by atoms with Gasteiger partial charge in [0.2, 0.25) is 5.96 Å². The van der Waals surface area contributed by atoms with Gasteiger partial charge >= 0.3 is 0 Å². The maximum absolute atomic E-state index is 8.35. The Morgan fingerprint density at radius 3 is 2.92 bits per heavy atom. The Morgan fingerprint density at radius 1 is 1.32 bits per heavy atom. The Morgan fingerprint density at radius 2 is 2.16 bits per heavy atom. The number of hydrogen-bond acceptors (Lipinski definition) is 2. The minimum Gasteiger partial charge on any atom is -0.497 e. The number of hydrogen-bond donors (Lipinski definition) is 3.